The van der Waals surface area contributed by atoms with E-state index < -0.39 is 0 Å². The molecule has 1 aromatic carbocycles. The van der Waals surface area contributed by atoms with E-state index in [4.69, 9.17) is 6.57 Å². The van der Waals surface area contributed by atoms with Gasteiger partial charge in [-0.3, -0.25) is 0 Å². The molecule has 1 aliphatic rings. The van der Waals surface area contributed by atoms with Gasteiger partial charge in [-0.2, -0.15) is 0 Å². The summed E-state index contributed by atoms with van der Waals surface area (Å²) in [4.78, 5) is 3.39. The van der Waals surface area contributed by atoms with Crippen molar-refractivity contribution in [2.75, 3.05) is 0 Å². The van der Waals surface area contributed by atoms with Crippen LogP contribution in [0.5, 0.6) is 0 Å². The van der Waals surface area contributed by atoms with Gasteiger partial charge in [0.2, 0.25) is 0 Å². The Labute approximate surface area is 82.7 Å². The normalized spacial score (nSPS) is 18.7. The van der Waals surface area contributed by atoms with Gasteiger partial charge in [0.15, 0.2) is 5.69 Å². The highest BCUT2D eigenvalue weighted by molar-refractivity contribution is 5.77. The Morgan fingerprint density at radius 3 is 2.79 bits per heavy atom. The zero-order valence-corrected chi connectivity index (χ0v) is 8.13. The maximum absolute atomic E-state index is 13.5. The Morgan fingerprint density at radius 2 is 2.14 bits per heavy atom. The smallest absolute Gasteiger partial charge is 0.194 e. The number of fused-ring (bicyclic) bond motifs is 1. The lowest BCUT2D eigenvalue weighted by atomic mass is 9.98. The molecule has 0 aliphatic heterocycles. The van der Waals surface area contributed by atoms with E-state index in [0.29, 0.717) is 11.3 Å². The molecule has 0 bridgehead atoms. The lowest BCUT2D eigenvalue weighted by molar-refractivity contribution is 0.604. The number of halogens is 1. The third-order valence-corrected chi connectivity index (χ3v) is 2.82. The standard InChI is InChI=1S/C12H10FN/c1-7-6-9-11(14-3)5-4-10(13)12(9)8(7)2/h4-6,8H,1-2H3. The number of hydrogen-bond acceptors (Lipinski definition) is 0. The molecule has 1 nitrogen and oxygen atoms in total. The summed E-state index contributed by atoms with van der Waals surface area (Å²) in [5, 5.41) is 0. The minimum absolute atomic E-state index is 0.103. The first-order valence-corrected chi connectivity index (χ1v) is 4.53. The molecule has 0 radical (unpaired) electrons. The van der Waals surface area contributed by atoms with Gasteiger partial charge >= 0.3 is 0 Å². The van der Waals surface area contributed by atoms with Gasteiger partial charge in [-0.25, -0.2) is 9.24 Å². The minimum atomic E-state index is -0.201. The van der Waals surface area contributed by atoms with E-state index in [1.165, 1.54) is 6.07 Å². The summed E-state index contributed by atoms with van der Waals surface area (Å²) < 4.78 is 13.5. The van der Waals surface area contributed by atoms with Crippen LogP contribution in [0.15, 0.2) is 17.7 Å². The average Bonchev–Trinajstić information content (AvgIpc) is 2.45. The van der Waals surface area contributed by atoms with Crippen molar-refractivity contribution in [1.82, 2.24) is 0 Å². The quantitative estimate of drug-likeness (QED) is 0.542. The van der Waals surface area contributed by atoms with Crippen molar-refractivity contribution in [3.63, 3.8) is 0 Å². The van der Waals surface area contributed by atoms with Gasteiger partial charge in [0.1, 0.15) is 5.82 Å². The molecule has 0 aromatic heterocycles. The van der Waals surface area contributed by atoms with Crippen LogP contribution >= 0.6 is 0 Å². The summed E-state index contributed by atoms with van der Waals surface area (Å²) in [5.74, 6) is -0.0975. The summed E-state index contributed by atoms with van der Waals surface area (Å²) in [6, 6.07) is 2.93. The Bertz CT molecular complexity index is 466. The van der Waals surface area contributed by atoms with Crippen molar-refractivity contribution in [3.8, 4) is 0 Å². The van der Waals surface area contributed by atoms with Gasteiger partial charge in [-0.1, -0.05) is 24.6 Å². The molecule has 1 aliphatic carbocycles. The molecule has 70 valence electrons. The van der Waals surface area contributed by atoms with Crippen LogP contribution in [0.25, 0.3) is 10.9 Å². The van der Waals surface area contributed by atoms with E-state index in [9.17, 15) is 4.39 Å². The molecule has 1 aromatic rings. The summed E-state index contributed by atoms with van der Waals surface area (Å²) in [5.41, 5.74) is 3.11. The molecule has 1 atom stereocenters. The second kappa shape index (κ2) is 2.95. The minimum Gasteiger partial charge on any atom is -0.238 e. The monoisotopic (exact) mass is 187 g/mol. The zero-order valence-electron chi connectivity index (χ0n) is 8.13. The second-order valence-electron chi connectivity index (χ2n) is 3.62. The maximum atomic E-state index is 13.5. The fourth-order valence-corrected chi connectivity index (χ4v) is 1.87. The van der Waals surface area contributed by atoms with Crippen LogP contribution in [0.3, 0.4) is 0 Å². The Morgan fingerprint density at radius 1 is 1.43 bits per heavy atom. The van der Waals surface area contributed by atoms with Crippen LogP contribution in [-0.4, -0.2) is 0 Å². The van der Waals surface area contributed by atoms with E-state index in [0.717, 1.165) is 11.1 Å². The van der Waals surface area contributed by atoms with E-state index in [1.807, 2.05) is 19.9 Å². The molecule has 0 fully saturated rings. The SMILES string of the molecule is [C-]#[N+]c1ccc(F)c2c1C=C(C)C2C. The molecule has 0 amide bonds. The first kappa shape index (κ1) is 8.96. The highest BCUT2D eigenvalue weighted by Crippen LogP contribution is 2.41. The molecule has 0 saturated carbocycles. The van der Waals surface area contributed by atoms with E-state index in [1.54, 1.807) is 6.07 Å². The predicted molar refractivity (Wildman–Crippen MR) is 54.7 cm³/mol. The molecule has 0 N–H and O–H groups in total. The predicted octanol–water partition coefficient (Wildman–Crippen LogP) is 3.90. The Kier molecular flexibility index (Phi) is 1.89. The number of allylic oxidation sites excluding steroid dienone is 1. The lowest BCUT2D eigenvalue weighted by Crippen LogP contribution is -1.95. The van der Waals surface area contributed by atoms with Crippen LogP contribution in [0.2, 0.25) is 0 Å². The first-order chi connectivity index (χ1) is 6.65. The number of hydrogen-bond donors (Lipinski definition) is 0. The largest absolute Gasteiger partial charge is 0.238 e. The molecular weight excluding hydrogens is 177 g/mol. The van der Waals surface area contributed by atoms with Gasteiger partial charge in [-0.05, 0) is 24.1 Å². The number of rotatable bonds is 0. The van der Waals surface area contributed by atoms with Crippen molar-refractivity contribution >= 4 is 11.8 Å². The van der Waals surface area contributed by atoms with Gasteiger partial charge in [0.05, 0.1) is 6.57 Å². The fraction of sp³-hybridized carbons (Fsp3) is 0.250. The number of benzene rings is 1. The van der Waals surface area contributed by atoms with E-state index in [2.05, 4.69) is 4.85 Å². The summed E-state index contributed by atoms with van der Waals surface area (Å²) in [6.45, 7) is 10.9. The molecule has 14 heavy (non-hydrogen) atoms. The van der Waals surface area contributed by atoms with E-state index >= 15 is 0 Å². The van der Waals surface area contributed by atoms with Gasteiger partial charge in [0.25, 0.3) is 0 Å². The van der Waals surface area contributed by atoms with Crippen LogP contribution in [-0.2, 0) is 0 Å². The van der Waals surface area contributed by atoms with Crippen molar-refractivity contribution in [1.29, 1.82) is 0 Å². The third-order valence-electron chi connectivity index (χ3n) is 2.82. The Balaban J connectivity index is 2.74. The van der Waals surface area contributed by atoms with Gasteiger partial charge < -0.3 is 0 Å². The van der Waals surface area contributed by atoms with Crippen LogP contribution in [0, 0.1) is 12.4 Å². The molecule has 2 heteroatoms. The molecular formula is C12H10FN. The van der Waals surface area contributed by atoms with Gasteiger partial charge in [0, 0.05) is 5.92 Å². The van der Waals surface area contributed by atoms with Crippen molar-refractivity contribution < 1.29 is 4.39 Å². The average molecular weight is 187 g/mol. The third kappa shape index (κ3) is 1.06. The maximum Gasteiger partial charge on any atom is 0.194 e. The van der Waals surface area contributed by atoms with Crippen molar-refractivity contribution in [2.45, 2.75) is 19.8 Å². The summed E-state index contributed by atoms with van der Waals surface area (Å²) in [6.07, 6.45) is 1.91. The van der Waals surface area contributed by atoms with Crippen LogP contribution < -0.4 is 0 Å². The summed E-state index contributed by atoms with van der Waals surface area (Å²) >= 11 is 0. The fourth-order valence-electron chi connectivity index (χ4n) is 1.87. The first-order valence-electron chi connectivity index (χ1n) is 4.53. The van der Waals surface area contributed by atoms with Gasteiger partial charge in [-0.15, -0.1) is 0 Å². The molecule has 0 heterocycles. The summed E-state index contributed by atoms with van der Waals surface area (Å²) in [7, 11) is 0. The molecule has 1 unspecified atom stereocenters. The zero-order chi connectivity index (χ0) is 10.3. The second-order valence-corrected chi connectivity index (χ2v) is 3.62. The van der Waals surface area contributed by atoms with Crippen LogP contribution in [0.1, 0.15) is 30.9 Å². The van der Waals surface area contributed by atoms with E-state index in [-0.39, 0.29) is 11.7 Å². The van der Waals surface area contributed by atoms with Crippen LogP contribution in [0.4, 0.5) is 10.1 Å². The highest BCUT2D eigenvalue weighted by Gasteiger charge is 2.23. The van der Waals surface area contributed by atoms with Crippen molar-refractivity contribution in [2.24, 2.45) is 0 Å². The topological polar surface area (TPSA) is 4.36 Å². The molecule has 2 rings (SSSR count). The Hall–Kier alpha value is -1.62. The highest BCUT2D eigenvalue weighted by atomic mass is 19.1. The number of nitrogens with zero attached hydrogens (tertiary/aromatic N) is 1. The lowest BCUT2D eigenvalue weighted by Gasteiger charge is -2.09. The molecule has 0 spiro atoms. The molecule has 0 saturated heterocycles. The van der Waals surface area contributed by atoms with Crippen molar-refractivity contribution in [3.05, 3.63) is 46.1 Å².